The Morgan fingerprint density at radius 2 is 2.09 bits per heavy atom. The summed E-state index contributed by atoms with van der Waals surface area (Å²) >= 11 is 6.97. The molecule has 0 bridgehead atoms. The lowest BCUT2D eigenvalue weighted by Crippen LogP contribution is -2.26. The van der Waals surface area contributed by atoms with Crippen LogP contribution in [-0.4, -0.2) is 51.2 Å². The summed E-state index contributed by atoms with van der Waals surface area (Å²) in [6, 6.07) is 3.19. The Bertz CT molecular complexity index is 1320. The number of hydrogen-bond donors (Lipinski definition) is 3. The molecule has 1 fully saturated rings. The van der Waals surface area contributed by atoms with E-state index in [0.717, 1.165) is 30.7 Å². The van der Waals surface area contributed by atoms with Gasteiger partial charge in [0.2, 0.25) is 5.95 Å². The van der Waals surface area contributed by atoms with Crippen molar-refractivity contribution in [3.8, 4) is 11.1 Å². The minimum absolute atomic E-state index is 0.0736. The van der Waals surface area contributed by atoms with Crippen LogP contribution in [0.15, 0.2) is 18.3 Å². The number of carbonyl (C=O) groups excluding carboxylic acids is 1. The molecule has 2 aliphatic rings. The summed E-state index contributed by atoms with van der Waals surface area (Å²) in [4.78, 5) is 22.7. The van der Waals surface area contributed by atoms with Crippen LogP contribution in [0.3, 0.4) is 0 Å². The number of benzene rings is 1. The van der Waals surface area contributed by atoms with E-state index in [1.54, 1.807) is 26.4 Å². The lowest BCUT2D eigenvalue weighted by atomic mass is 9.80. The van der Waals surface area contributed by atoms with Crippen LogP contribution in [0.4, 0.5) is 21.8 Å². The first-order chi connectivity index (χ1) is 16.1. The van der Waals surface area contributed by atoms with Gasteiger partial charge in [-0.25, -0.2) is 14.1 Å². The molecule has 3 heterocycles. The highest BCUT2D eigenvalue weighted by Crippen LogP contribution is 2.54. The van der Waals surface area contributed by atoms with Gasteiger partial charge in [-0.1, -0.05) is 11.6 Å². The standard InChI is InChI=1S/C23H26ClFN8O/c1-11-30-22(27)31-33(11)12-6-7-23(8-12)10-29-20-17(23)18(24)14(9-28-20)13-4-5-15(26)16(19(13)25)21(34)32(2)3/h4-5,9,12H,6-8,10,26H2,1-3H3,(H2,27,31)(H,28,29)/t12-,23-/m1/s1. The molecule has 3 aromatic rings. The molecule has 5 rings (SSSR count). The number of nitrogen functional groups attached to an aromatic ring is 2. The molecule has 2 atom stereocenters. The number of halogens is 2. The molecule has 5 N–H and O–H groups in total. The van der Waals surface area contributed by atoms with Crippen molar-refractivity contribution < 1.29 is 9.18 Å². The molecule has 9 nitrogen and oxygen atoms in total. The predicted molar refractivity (Wildman–Crippen MR) is 129 cm³/mol. The Kier molecular flexibility index (Phi) is 5.16. The minimum atomic E-state index is -0.708. The summed E-state index contributed by atoms with van der Waals surface area (Å²) in [5.41, 5.74) is 12.9. The van der Waals surface area contributed by atoms with Crippen molar-refractivity contribution in [2.45, 2.75) is 37.6 Å². The normalized spacial score (nSPS) is 21.0. The van der Waals surface area contributed by atoms with Crippen molar-refractivity contribution in [1.82, 2.24) is 24.6 Å². The third-order valence-electron chi connectivity index (χ3n) is 6.97. The molecule has 34 heavy (non-hydrogen) atoms. The highest BCUT2D eigenvalue weighted by molar-refractivity contribution is 6.34. The monoisotopic (exact) mass is 484 g/mol. The van der Waals surface area contributed by atoms with E-state index in [9.17, 15) is 4.79 Å². The molecule has 11 heteroatoms. The number of fused-ring (bicyclic) bond motifs is 2. The van der Waals surface area contributed by atoms with Crippen LogP contribution >= 0.6 is 11.6 Å². The van der Waals surface area contributed by atoms with E-state index in [1.165, 1.54) is 11.0 Å². The fourth-order valence-electron chi connectivity index (χ4n) is 5.34. The van der Waals surface area contributed by atoms with Gasteiger partial charge in [-0.05, 0) is 38.3 Å². The Morgan fingerprint density at radius 3 is 2.76 bits per heavy atom. The molecular formula is C23H26ClFN8O. The topological polar surface area (TPSA) is 128 Å². The van der Waals surface area contributed by atoms with Gasteiger partial charge in [0.05, 0.1) is 16.6 Å². The van der Waals surface area contributed by atoms with Gasteiger partial charge in [-0.15, -0.1) is 5.10 Å². The van der Waals surface area contributed by atoms with Crippen molar-refractivity contribution in [3.05, 3.63) is 46.1 Å². The third kappa shape index (κ3) is 3.27. The Morgan fingerprint density at radius 1 is 1.32 bits per heavy atom. The zero-order chi connectivity index (χ0) is 24.4. The van der Waals surface area contributed by atoms with E-state index in [2.05, 4.69) is 20.4 Å². The van der Waals surface area contributed by atoms with Crippen LogP contribution in [0.1, 0.15) is 47.1 Å². The zero-order valence-electron chi connectivity index (χ0n) is 19.2. The number of nitrogens with two attached hydrogens (primary N) is 2. The Hall–Kier alpha value is -3.40. The number of nitrogens with zero attached hydrogens (tertiary/aromatic N) is 5. The van der Waals surface area contributed by atoms with Crippen molar-refractivity contribution >= 4 is 35.0 Å². The molecule has 178 valence electrons. The van der Waals surface area contributed by atoms with Gasteiger partial charge >= 0.3 is 0 Å². The smallest absolute Gasteiger partial charge is 0.258 e. The Balaban J connectivity index is 1.58. The van der Waals surface area contributed by atoms with Gasteiger partial charge in [0.15, 0.2) is 0 Å². The van der Waals surface area contributed by atoms with Crippen molar-refractivity contribution in [1.29, 1.82) is 0 Å². The first-order valence-electron chi connectivity index (χ1n) is 11.0. The number of nitrogens with one attached hydrogen (secondary N) is 1. The third-order valence-corrected chi connectivity index (χ3v) is 7.36. The molecule has 1 aromatic carbocycles. The number of aryl methyl sites for hydroxylation is 1. The lowest BCUT2D eigenvalue weighted by molar-refractivity contribution is 0.0824. The summed E-state index contributed by atoms with van der Waals surface area (Å²) < 4.78 is 17.5. The van der Waals surface area contributed by atoms with E-state index in [4.69, 9.17) is 23.1 Å². The van der Waals surface area contributed by atoms with E-state index in [-0.39, 0.29) is 34.2 Å². The molecular weight excluding hydrogens is 459 g/mol. The lowest BCUT2D eigenvalue weighted by Gasteiger charge is -2.25. The van der Waals surface area contributed by atoms with Crippen LogP contribution in [0.25, 0.3) is 11.1 Å². The fourth-order valence-corrected chi connectivity index (χ4v) is 5.78. The number of carbonyl (C=O) groups is 1. The second-order valence-electron chi connectivity index (χ2n) is 9.29. The van der Waals surface area contributed by atoms with Gasteiger partial charge in [0.25, 0.3) is 5.91 Å². The molecule has 1 aliphatic carbocycles. The molecule has 2 aromatic heterocycles. The first-order valence-corrected chi connectivity index (χ1v) is 11.4. The highest BCUT2D eigenvalue weighted by Gasteiger charge is 2.48. The fraction of sp³-hybridized carbons (Fsp3) is 0.391. The summed E-state index contributed by atoms with van der Waals surface area (Å²) in [5, 5.41) is 8.17. The van der Waals surface area contributed by atoms with Crippen LogP contribution in [0.5, 0.6) is 0 Å². The molecule has 1 amide bonds. The van der Waals surface area contributed by atoms with Crippen LogP contribution < -0.4 is 16.8 Å². The highest BCUT2D eigenvalue weighted by atomic mass is 35.5. The van der Waals surface area contributed by atoms with E-state index < -0.39 is 11.7 Å². The Labute approximate surface area is 201 Å². The second-order valence-corrected chi connectivity index (χ2v) is 9.67. The maximum absolute atomic E-state index is 15.6. The zero-order valence-corrected chi connectivity index (χ0v) is 19.9. The first kappa shape index (κ1) is 22.4. The molecule has 0 unspecified atom stereocenters. The average Bonchev–Trinajstić information content (AvgIpc) is 3.47. The number of anilines is 3. The number of rotatable bonds is 3. The quantitative estimate of drug-likeness (QED) is 0.486. The van der Waals surface area contributed by atoms with Gasteiger partial charge in [0, 0.05) is 54.6 Å². The van der Waals surface area contributed by atoms with Crippen LogP contribution in [-0.2, 0) is 5.41 Å². The summed E-state index contributed by atoms with van der Waals surface area (Å²) in [7, 11) is 3.10. The molecule has 1 saturated carbocycles. The maximum Gasteiger partial charge on any atom is 0.258 e. The SMILES string of the molecule is Cc1nc(N)nn1[C@@H]1CC[C@]2(CNc3ncc(-c4ccc(N)c(C(=O)N(C)C)c4F)c(Cl)c32)C1. The van der Waals surface area contributed by atoms with Crippen molar-refractivity contribution in [2.75, 3.05) is 37.4 Å². The van der Waals surface area contributed by atoms with Gasteiger partial charge in [-0.3, -0.25) is 4.79 Å². The van der Waals surface area contributed by atoms with E-state index in [1.807, 2.05) is 11.6 Å². The summed E-state index contributed by atoms with van der Waals surface area (Å²) in [6.07, 6.45) is 4.05. The summed E-state index contributed by atoms with van der Waals surface area (Å²) in [5.74, 6) is 0.504. The van der Waals surface area contributed by atoms with Gasteiger partial charge in [0.1, 0.15) is 17.5 Å². The molecule has 0 saturated heterocycles. The maximum atomic E-state index is 15.6. The molecule has 1 spiro atoms. The van der Waals surface area contributed by atoms with Crippen LogP contribution in [0, 0.1) is 12.7 Å². The number of hydrogen-bond acceptors (Lipinski definition) is 7. The van der Waals surface area contributed by atoms with E-state index in [0.29, 0.717) is 22.9 Å². The number of amides is 1. The van der Waals surface area contributed by atoms with Gasteiger partial charge < -0.3 is 21.7 Å². The average molecular weight is 485 g/mol. The second kappa shape index (κ2) is 7.83. The van der Waals surface area contributed by atoms with Crippen molar-refractivity contribution in [3.63, 3.8) is 0 Å². The van der Waals surface area contributed by atoms with Crippen molar-refractivity contribution in [2.24, 2.45) is 0 Å². The van der Waals surface area contributed by atoms with Gasteiger partial charge in [-0.2, -0.15) is 4.98 Å². The number of aromatic nitrogens is 4. The molecule has 0 radical (unpaired) electrons. The van der Waals surface area contributed by atoms with E-state index >= 15 is 4.39 Å². The number of pyridine rings is 1. The largest absolute Gasteiger partial charge is 0.398 e. The summed E-state index contributed by atoms with van der Waals surface area (Å²) in [6.45, 7) is 2.56. The molecule has 1 aliphatic heterocycles. The minimum Gasteiger partial charge on any atom is -0.398 e. The van der Waals surface area contributed by atoms with Crippen LogP contribution in [0.2, 0.25) is 5.02 Å². The predicted octanol–water partition coefficient (Wildman–Crippen LogP) is 3.40.